The Labute approximate surface area is 126 Å². The quantitative estimate of drug-likeness (QED) is 0.876. The monoisotopic (exact) mass is 294 g/mol. The maximum atomic E-state index is 12.0. The standard InChI is InChI=1S/C16H26N2OS/c1-11-7-15(20-13(11)3)10-18-16(19)8-12(2)14-5-4-6-17-9-14/h7,12,14,17H,4-6,8-10H2,1-3H3,(H,18,19). The van der Waals surface area contributed by atoms with Crippen molar-refractivity contribution < 1.29 is 4.79 Å². The molecular weight excluding hydrogens is 268 g/mol. The van der Waals surface area contributed by atoms with Crippen molar-refractivity contribution in [2.24, 2.45) is 11.8 Å². The molecule has 1 saturated heterocycles. The van der Waals surface area contributed by atoms with E-state index >= 15 is 0 Å². The number of carbonyl (C=O) groups is 1. The van der Waals surface area contributed by atoms with Crippen LogP contribution in [0.5, 0.6) is 0 Å². The van der Waals surface area contributed by atoms with Gasteiger partial charge in [0.1, 0.15) is 0 Å². The molecule has 0 aromatic carbocycles. The molecule has 0 radical (unpaired) electrons. The summed E-state index contributed by atoms with van der Waals surface area (Å²) in [5, 5.41) is 6.49. The summed E-state index contributed by atoms with van der Waals surface area (Å²) in [5.41, 5.74) is 1.32. The molecule has 3 nitrogen and oxygen atoms in total. The molecule has 0 bridgehead atoms. The zero-order valence-electron chi connectivity index (χ0n) is 12.8. The fraction of sp³-hybridized carbons (Fsp3) is 0.688. The lowest BCUT2D eigenvalue weighted by Gasteiger charge is -2.27. The van der Waals surface area contributed by atoms with Gasteiger partial charge in [0.05, 0.1) is 6.54 Å². The second-order valence-electron chi connectivity index (χ2n) is 6.02. The van der Waals surface area contributed by atoms with E-state index in [0.29, 0.717) is 24.8 Å². The predicted molar refractivity (Wildman–Crippen MR) is 85.0 cm³/mol. The number of rotatable bonds is 5. The smallest absolute Gasteiger partial charge is 0.220 e. The van der Waals surface area contributed by atoms with Crippen LogP contribution in [0.15, 0.2) is 6.07 Å². The van der Waals surface area contributed by atoms with Crippen LogP contribution in [0.2, 0.25) is 0 Å². The number of hydrogen-bond donors (Lipinski definition) is 2. The van der Waals surface area contributed by atoms with E-state index in [4.69, 9.17) is 0 Å². The largest absolute Gasteiger partial charge is 0.351 e. The number of thiophene rings is 1. The fourth-order valence-electron chi connectivity index (χ4n) is 2.82. The van der Waals surface area contributed by atoms with Gasteiger partial charge in [-0.05, 0) is 63.2 Å². The van der Waals surface area contributed by atoms with E-state index in [2.05, 4.69) is 37.5 Å². The molecule has 0 saturated carbocycles. The zero-order valence-corrected chi connectivity index (χ0v) is 13.6. The Morgan fingerprint density at radius 1 is 1.55 bits per heavy atom. The molecule has 1 amide bonds. The molecule has 112 valence electrons. The van der Waals surface area contributed by atoms with Gasteiger partial charge < -0.3 is 10.6 Å². The van der Waals surface area contributed by atoms with Crippen molar-refractivity contribution in [1.29, 1.82) is 0 Å². The van der Waals surface area contributed by atoms with Gasteiger partial charge in [0.25, 0.3) is 0 Å². The third-order valence-corrected chi connectivity index (χ3v) is 5.48. The maximum Gasteiger partial charge on any atom is 0.220 e. The molecule has 1 aromatic heterocycles. The Bertz CT molecular complexity index is 430. The second-order valence-corrected chi connectivity index (χ2v) is 7.36. The highest BCUT2D eigenvalue weighted by Crippen LogP contribution is 2.23. The summed E-state index contributed by atoms with van der Waals surface area (Å²) in [5.74, 6) is 1.31. The Hall–Kier alpha value is -0.870. The molecule has 0 aliphatic carbocycles. The molecule has 20 heavy (non-hydrogen) atoms. The van der Waals surface area contributed by atoms with Crippen molar-refractivity contribution in [2.45, 2.75) is 46.6 Å². The number of hydrogen-bond acceptors (Lipinski definition) is 3. The molecule has 1 fully saturated rings. The van der Waals surface area contributed by atoms with Crippen LogP contribution in [0.25, 0.3) is 0 Å². The van der Waals surface area contributed by atoms with Crippen LogP contribution in [0, 0.1) is 25.7 Å². The summed E-state index contributed by atoms with van der Waals surface area (Å²) in [4.78, 5) is 14.6. The predicted octanol–water partition coefficient (Wildman–Crippen LogP) is 3.01. The first-order valence-electron chi connectivity index (χ1n) is 7.59. The average molecular weight is 294 g/mol. The number of aryl methyl sites for hydroxylation is 2. The van der Waals surface area contributed by atoms with E-state index in [-0.39, 0.29) is 5.91 Å². The molecule has 2 unspecified atom stereocenters. The van der Waals surface area contributed by atoms with Gasteiger partial charge >= 0.3 is 0 Å². The van der Waals surface area contributed by atoms with Gasteiger partial charge in [-0.2, -0.15) is 0 Å². The number of piperidine rings is 1. The first kappa shape index (κ1) is 15.5. The van der Waals surface area contributed by atoms with E-state index in [1.54, 1.807) is 11.3 Å². The van der Waals surface area contributed by atoms with Crippen LogP contribution in [0.4, 0.5) is 0 Å². The highest BCUT2D eigenvalue weighted by Gasteiger charge is 2.21. The summed E-state index contributed by atoms with van der Waals surface area (Å²) < 4.78 is 0. The van der Waals surface area contributed by atoms with Gasteiger partial charge in [0.2, 0.25) is 5.91 Å². The Morgan fingerprint density at radius 2 is 2.35 bits per heavy atom. The molecule has 1 aromatic rings. The molecule has 2 atom stereocenters. The lowest BCUT2D eigenvalue weighted by molar-refractivity contribution is -0.122. The van der Waals surface area contributed by atoms with Gasteiger partial charge in [-0.25, -0.2) is 0 Å². The van der Waals surface area contributed by atoms with Crippen LogP contribution in [-0.4, -0.2) is 19.0 Å². The van der Waals surface area contributed by atoms with E-state index in [9.17, 15) is 4.79 Å². The van der Waals surface area contributed by atoms with Crippen molar-refractivity contribution >= 4 is 17.2 Å². The Kier molecular flexibility index (Phi) is 5.61. The molecule has 1 aliphatic heterocycles. The third kappa shape index (κ3) is 4.32. The molecule has 2 N–H and O–H groups in total. The number of nitrogens with one attached hydrogen (secondary N) is 2. The summed E-state index contributed by atoms with van der Waals surface area (Å²) in [6, 6.07) is 2.18. The lowest BCUT2D eigenvalue weighted by atomic mass is 9.85. The van der Waals surface area contributed by atoms with Gasteiger partial charge in [0.15, 0.2) is 0 Å². The minimum Gasteiger partial charge on any atom is -0.351 e. The zero-order chi connectivity index (χ0) is 14.5. The molecular formula is C16H26N2OS. The van der Waals surface area contributed by atoms with Crippen LogP contribution in [0.3, 0.4) is 0 Å². The highest BCUT2D eigenvalue weighted by atomic mass is 32.1. The van der Waals surface area contributed by atoms with Crippen LogP contribution < -0.4 is 10.6 Å². The van der Waals surface area contributed by atoms with Gasteiger partial charge in [0, 0.05) is 16.2 Å². The summed E-state index contributed by atoms with van der Waals surface area (Å²) >= 11 is 1.78. The van der Waals surface area contributed by atoms with E-state index in [1.807, 2.05) is 0 Å². The molecule has 2 heterocycles. The number of amides is 1. The van der Waals surface area contributed by atoms with E-state index in [1.165, 1.54) is 28.2 Å². The van der Waals surface area contributed by atoms with Crippen molar-refractivity contribution in [1.82, 2.24) is 10.6 Å². The summed E-state index contributed by atoms with van der Waals surface area (Å²) in [6.07, 6.45) is 3.14. The van der Waals surface area contributed by atoms with Gasteiger partial charge in [-0.1, -0.05) is 6.92 Å². The Balaban J connectivity index is 1.74. The normalized spacial score (nSPS) is 20.6. The van der Waals surface area contributed by atoms with Crippen LogP contribution in [0.1, 0.15) is 41.5 Å². The first-order valence-corrected chi connectivity index (χ1v) is 8.41. The topological polar surface area (TPSA) is 41.1 Å². The molecule has 0 spiro atoms. The second kappa shape index (κ2) is 7.23. The van der Waals surface area contributed by atoms with Crippen LogP contribution >= 0.6 is 11.3 Å². The minimum atomic E-state index is 0.187. The maximum absolute atomic E-state index is 12.0. The SMILES string of the molecule is Cc1cc(CNC(=O)CC(C)C2CCCNC2)sc1C. The fourth-order valence-corrected chi connectivity index (χ4v) is 3.81. The molecule has 4 heteroatoms. The minimum absolute atomic E-state index is 0.187. The van der Waals surface area contributed by atoms with Crippen molar-refractivity contribution in [3.63, 3.8) is 0 Å². The average Bonchev–Trinajstić information content (AvgIpc) is 2.76. The lowest BCUT2D eigenvalue weighted by Crippen LogP contribution is -2.35. The summed E-state index contributed by atoms with van der Waals surface area (Å²) in [6.45, 7) is 9.33. The van der Waals surface area contributed by atoms with E-state index in [0.717, 1.165) is 13.1 Å². The van der Waals surface area contributed by atoms with E-state index < -0.39 is 0 Å². The highest BCUT2D eigenvalue weighted by molar-refractivity contribution is 7.12. The Morgan fingerprint density at radius 3 is 2.95 bits per heavy atom. The summed E-state index contributed by atoms with van der Waals surface area (Å²) in [7, 11) is 0. The number of carbonyl (C=O) groups excluding carboxylic acids is 1. The van der Waals surface area contributed by atoms with Crippen molar-refractivity contribution in [3.05, 3.63) is 21.4 Å². The molecule has 2 rings (SSSR count). The third-order valence-electron chi connectivity index (χ3n) is 4.32. The molecule has 1 aliphatic rings. The van der Waals surface area contributed by atoms with Gasteiger partial charge in [-0.15, -0.1) is 11.3 Å². The first-order chi connectivity index (χ1) is 9.56. The van der Waals surface area contributed by atoms with Crippen molar-refractivity contribution in [2.75, 3.05) is 13.1 Å². The van der Waals surface area contributed by atoms with Crippen molar-refractivity contribution in [3.8, 4) is 0 Å². The van der Waals surface area contributed by atoms with Gasteiger partial charge in [-0.3, -0.25) is 4.79 Å². The van der Waals surface area contributed by atoms with Crippen LogP contribution in [-0.2, 0) is 11.3 Å².